The molecule has 0 bridgehead atoms. The summed E-state index contributed by atoms with van der Waals surface area (Å²) in [5, 5.41) is 3.81. The molecule has 0 saturated carbocycles. The Hall–Kier alpha value is -2.04. The normalized spacial score (nSPS) is 11.8. The monoisotopic (exact) mass is 448 g/mol. The van der Waals surface area contributed by atoms with Crippen LogP contribution in [0.15, 0.2) is 36.4 Å². The van der Waals surface area contributed by atoms with Crippen molar-refractivity contribution in [1.29, 1.82) is 0 Å². The van der Waals surface area contributed by atoms with Crippen molar-refractivity contribution >= 4 is 35.0 Å². The minimum Gasteiger partial charge on any atom is -0.354 e. The fourth-order valence-corrected chi connectivity index (χ4v) is 3.72. The minimum atomic E-state index is -0.602. The average Bonchev–Trinajstić information content (AvgIpc) is 2.67. The maximum atomic E-state index is 13.3. The van der Waals surface area contributed by atoms with Gasteiger partial charge in [0.1, 0.15) is 6.04 Å². The number of unbranched alkanes of at least 4 members (excludes halogenated alkanes) is 1. The Morgan fingerprint density at radius 2 is 1.67 bits per heavy atom. The van der Waals surface area contributed by atoms with Crippen LogP contribution in [0.3, 0.4) is 0 Å². The van der Waals surface area contributed by atoms with Gasteiger partial charge in [-0.2, -0.15) is 0 Å². The number of benzene rings is 2. The molecule has 0 aromatic heterocycles. The van der Waals surface area contributed by atoms with E-state index < -0.39 is 6.04 Å². The number of halogens is 2. The van der Waals surface area contributed by atoms with Crippen molar-refractivity contribution in [1.82, 2.24) is 10.2 Å². The molecular weight excluding hydrogens is 419 g/mol. The Morgan fingerprint density at radius 3 is 2.27 bits per heavy atom. The predicted molar refractivity (Wildman–Crippen MR) is 124 cm³/mol. The number of amides is 2. The van der Waals surface area contributed by atoms with Crippen LogP contribution < -0.4 is 5.32 Å². The third-order valence-corrected chi connectivity index (χ3v) is 5.71. The Labute approximate surface area is 189 Å². The molecule has 1 atom stereocenters. The Bertz CT molecular complexity index is 879. The summed E-state index contributed by atoms with van der Waals surface area (Å²) in [5.41, 5.74) is 3.99. The zero-order chi connectivity index (χ0) is 22.3. The third-order valence-electron chi connectivity index (χ3n) is 4.97. The zero-order valence-corrected chi connectivity index (χ0v) is 19.6. The summed E-state index contributed by atoms with van der Waals surface area (Å²) in [5.74, 6) is -0.263. The minimum absolute atomic E-state index is 0.107. The van der Waals surface area contributed by atoms with Gasteiger partial charge in [-0.15, -0.1) is 0 Å². The van der Waals surface area contributed by atoms with Crippen molar-refractivity contribution in [2.75, 3.05) is 6.54 Å². The highest BCUT2D eigenvalue weighted by molar-refractivity contribution is 6.42. The number of hydrogen-bond donors (Lipinski definition) is 1. The molecule has 0 saturated heterocycles. The van der Waals surface area contributed by atoms with Crippen LogP contribution in [-0.4, -0.2) is 29.3 Å². The summed E-state index contributed by atoms with van der Waals surface area (Å²) >= 11 is 12.2. The lowest BCUT2D eigenvalue weighted by molar-refractivity contribution is -0.140. The highest BCUT2D eigenvalue weighted by Gasteiger charge is 2.26. The molecule has 0 aliphatic heterocycles. The zero-order valence-electron chi connectivity index (χ0n) is 18.1. The van der Waals surface area contributed by atoms with Gasteiger partial charge in [0.05, 0.1) is 16.5 Å². The number of nitrogens with zero attached hydrogens (tertiary/aromatic N) is 1. The first kappa shape index (κ1) is 24.2. The molecule has 0 unspecified atom stereocenters. The van der Waals surface area contributed by atoms with E-state index in [2.05, 4.69) is 18.3 Å². The van der Waals surface area contributed by atoms with Crippen LogP contribution in [0.2, 0.25) is 10.0 Å². The first-order valence-corrected chi connectivity index (χ1v) is 11.0. The third kappa shape index (κ3) is 7.03. The smallest absolute Gasteiger partial charge is 0.242 e. The number of carbonyl (C=O) groups excluding carboxylic acids is 2. The maximum Gasteiger partial charge on any atom is 0.242 e. The van der Waals surface area contributed by atoms with E-state index in [4.69, 9.17) is 23.2 Å². The molecule has 0 heterocycles. The summed E-state index contributed by atoms with van der Waals surface area (Å²) in [6.07, 6.45) is 2.13. The van der Waals surface area contributed by atoms with E-state index in [9.17, 15) is 9.59 Å². The van der Waals surface area contributed by atoms with E-state index in [-0.39, 0.29) is 24.8 Å². The lowest BCUT2D eigenvalue weighted by Crippen LogP contribution is -2.48. The van der Waals surface area contributed by atoms with E-state index >= 15 is 0 Å². The van der Waals surface area contributed by atoms with Gasteiger partial charge in [-0.3, -0.25) is 9.59 Å². The molecule has 162 valence electrons. The number of rotatable bonds is 9. The summed E-state index contributed by atoms with van der Waals surface area (Å²) in [4.78, 5) is 27.5. The number of hydrogen-bond acceptors (Lipinski definition) is 2. The fourth-order valence-electron chi connectivity index (χ4n) is 3.40. The van der Waals surface area contributed by atoms with Gasteiger partial charge in [0.25, 0.3) is 0 Å². The van der Waals surface area contributed by atoms with E-state index in [1.165, 1.54) is 0 Å². The molecule has 30 heavy (non-hydrogen) atoms. The quantitative estimate of drug-likeness (QED) is 0.515. The highest BCUT2D eigenvalue weighted by atomic mass is 35.5. The van der Waals surface area contributed by atoms with Crippen LogP contribution in [0.1, 0.15) is 48.9 Å². The van der Waals surface area contributed by atoms with Crippen LogP contribution in [0.25, 0.3) is 0 Å². The molecule has 0 radical (unpaired) electrons. The first-order chi connectivity index (χ1) is 14.2. The van der Waals surface area contributed by atoms with Crippen LogP contribution in [-0.2, 0) is 22.6 Å². The summed E-state index contributed by atoms with van der Waals surface area (Å²) in [6.45, 7) is 8.74. The van der Waals surface area contributed by atoms with Crippen molar-refractivity contribution in [2.24, 2.45) is 0 Å². The van der Waals surface area contributed by atoms with Gasteiger partial charge >= 0.3 is 0 Å². The van der Waals surface area contributed by atoms with Crippen molar-refractivity contribution in [3.05, 3.63) is 68.7 Å². The van der Waals surface area contributed by atoms with Gasteiger partial charge in [0.15, 0.2) is 0 Å². The van der Waals surface area contributed by atoms with Crippen LogP contribution in [0.5, 0.6) is 0 Å². The Balaban J connectivity index is 2.25. The molecule has 4 nitrogen and oxygen atoms in total. The van der Waals surface area contributed by atoms with Gasteiger partial charge < -0.3 is 10.2 Å². The molecule has 1 N–H and O–H groups in total. The molecule has 6 heteroatoms. The van der Waals surface area contributed by atoms with Crippen molar-refractivity contribution < 1.29 is 9.59 Å². The van der Waals surface area contributed by atoms with Crippen LogP contribution >= 0.6 is 23.2 Å². The molecular formula is C24H30Cl2N2O2. The molecule has 0 fully saturated rings. The van der Waals surface area contributed by atoms with Gasteiger partial charge in [0.2, 0.25) is 11.8 Å². The number of nitrogens with one attached hydrogen (secondary N) is 1. The molecule has 0 aliphatic carbocycles. The second-order valence-electron chi connectivity index (χ2n) is 7.76. The van der Waals surface area contributed by atoms with Crippen molar-refractivity contribution in [3.8, 4) is 0 Å². The second-order valence-corrected chi connectivity index (χ2v) is 8.58. The standard InChI is InChI=1S/C24H30Cl2N2O2/c1-5-6-9-27-24(30)18(4)28(15-19-7-8-21(25)22(26)13-19)23(29)14-20-11-16(2)10-17(3)12-20/h7-8,10-13,18H,5-6,9,14-15H2,1-4H3,(H,27,30)/t18-/m1/s1. The van der Waals surface area contributed by atoms with E-state index in [1.807, 2.05) is 32.0 Å². The Morgan fingerprint density at radius 1 is 1.00 bits per heavy atom. The van der Waals surface area contributed by atoms with Gasteiger partial charge in [-0.05, 0) is 50.5 Å². The number of carbonyl (C=O) groups is 2. The van der Waals surface area contributed by atoms with Crippen LogP contribution in [0.4, 0.5) is 0 Å². The SMILES string of the molecule is CCCCNC(=O)[C@@H](C)N(Cc1ccc(Cl)c(Cl)c1)C(=O)Cc1cc(C)cc(C)c1. The summed E-state index contributed by atoms with van der Waals surface area (Å²) in [6, 6.07) is 10.8. The maximum absolute atomic E-state index is 13.3. The largest absolute Gasteiger partial charge is 0.354 e. The van der Waals surface area contributed by atoms with Crippen LogP contribution in [0, 0.1) is 13.8 Å². The second kappa shape index (κ2) is 11.4. The number of aryl methyl sites for hydroxylation is 2. The van der Waals surface area contributed by atoms with Crippen molar-refractivity contribution in [2.45, 2.75) is 59.5 Å². The summed E-state index contributed by atoms with van der Waals surface area (Å²) < 4.78 is 0. The Kier molecular flexibility index (Phi) is 9.19. The van der Waals surface area contributed by atoms with E-state index in [1.54, 1.807) is 24.0 Å². The molecule has 0 spiro atoms. The van der Waals surface area contributed by atoms with Gasteiger partial charge in [-0.1, -0.05) is 71.9 Å². The predicted octanol–water partition coefficient (Wildman–Crippen LogP) is 5.49. The first-order valence-electron chi connectivity index (χ1n) is 10.3. The molecule has 2 amide bonds. The molecule has 2 aromatic carbocycles. The van der Waals surface area contributed by atoms with Crippen molar-refractivity contribution in [3.63, 3.8) is 0 Å². The lowest BCUT2D eigenvalue weighted by atomic mass is 10.0. The van der Waals surface area contributed by atoms with Gasteiger partial charge in [-0.25, -0.2) is 0 Å². The molecule has 2 rings (SSSR count). The highest BCUT2D eigenvalue weighted by Crippen LogP contribution is 2.24. The summed E-state index contributed by atoms with van der Waals surface area (Å²) in [7, 11) is 0. The topological polar surface area (TPSA) is 49.4 Å². The fraction of sp³-hybridized carbons (Fsp3) is 0.417. The molecule has 0 aliphatic rings. The van der Waals surface area contributed by atoms with Gasteiger partial charge in [0, 0.05) is 13.1 Å². The van der Waals surface area contributed by atoms with E-state index in [0.717, 1.165) is 35.1 Å². The van der Waals surface area contributed by atoms with E-state index in [0.29, 0.717) is 16.6 Å². The average molecular weight is 449 g/mol. The molecule has 2 aromatic rings. The lowest BCUT2D eigenvalue weighted by Gasteiger charge is -2.29.